The third-order valence-electron chi connectivity index (χ3n) is 11.3. The van der Waals surface area contributed by atoms with Crippen molar-refractivity contribution in [1.29, 1.82) is 0 Å². The molecule has 268 valence electrons. The van der Waals surface area contributed by atoms with E-state index in [2.05, 4.69) is 143 Å². The van der Waals surface area contributed by atoms with E-state index in [1.165, 1.54) is 10.8 Å². The number of fused-ring (bicyclic) bond motifs is 9. The van der Waals surface area contributed by atoms with Gasteiger partial charge in [0.05, 0.1) is 16.7 Å². The van der Waals surface area contributed by atoms with Crippen molar-refractivity contribution in [3.8, 4) is 16.8 Å². The average Bonchev–Trinajstić information content (AvgIpc) is 3.97. The lowest BCUT2D eigenvalue weighted by Crippen LogP contribution is -2.33. The monoisotopic (exact) mass is 732 g/mol. The van der Waals surface area contributed by atoms with Crippen LogP contribution in [0.15, 0.2) is 201 Å². The number of nitrogens with one attached hydrogen (secondary N) is 1. The van der Waals surface area contributed by atoms with Gasteiger partial charge in [0.1, 0.15) is 22.6 Å². The predicted molar refractivity (Wildman–Crippen MR) is 233 cm³/mol. The van der Waals surface area contributed by atoms with Gasteiger partial charge < -0.3 is 18.7 Å². The number of hydrogen-bond donors (Lipinski definition) is 1. The van der Waals surface area contributed by atoms with Crippen molar-refractivity contribution in [3.05, 3.63) is 199 Å². The highest BCUT2D eigenvalue weighted by molar-refractivity contribution is 6.21. The zero-order chi connectivity index (χ0) is 37.5. The first-order chi connectivity index (χ1) is 28.3. The van der Waals surface area contributed by atoms with Gasteiger partial charge in [0.25, 0.3) is 0 Å². The van der Waals surface area contributed by atoms with Crippen molar-refractivity contribution in [3.63, 3.8) is 0 Å². The third-order valence-corrected chi connectivity index (χ3v) is 11.3. The summed E-state index contributed by atoms with van der Waals surface area (Å²) >= 11 is 0. The topological polar surface area (TPSA) is 68.0 Å². The minimum Gasteiger partial charge on any atom is -0.456 e. The van der Waals surface area contributed by atoms with E-state index in [4.69, 9.17) is 18.8 Å². The number of rotatable bonds is 5. The zero-order valence-corrected chi connectivity index (χ0v) is 30.6. The Morgan fingerprint density at radius 3 is 1.65 bits per heavy atom. The fourth-order valence-electron chi connectivity index (χ4n) is 8.79. The lowest BCUT2D eigenvalue weighted by molar-refractivity contribution is 0.628. The molecule has 3 aromatic heterocycles. The highest BCUT2D eigenvalue weighted by atomic mass is 16.3. The standard InChI is InChI=1S/C51H32N4O2/c1-3-15-31(16-4-1)49-52-50(32-17-5-2-6-18-32)54-51(53-49)39-25-11-23-37-45-35(21-13-29-43(45)56-47(37)39)36-22-14-30-44-46(36)38-24-12-28-42(48(38)57-44)55-40-26-9-7-19-33(40)34-20-8-10-27-41(34)55/h1-30,51H,(H,52,53,54). The van der Waals surface area contributed by atoms with Gasteiger partial charge in [-0.15, -0.1) is 0 Å². The van der Waals surface area contributed by atoms with E-state index in [0.717, 1.165) is 94.3 Å². The molecule has 0 spiro atoms. The molecule has 1 aliphatic heterocycles. The van der Waals surface area contributed by atoms with Gasteiger partial charge in [0.15, 0.2) is 17.6 Å². The molecule has 1 unspecified atom stereocenters. The van der Waals surface area contributed by atoms with E-state index in [1.54, 1.807) is 0 Å². The van der Waals surface area contributed by atoms with E-state index in [9.17, 15) is 0 Å². The molecule has 4 heterocycles. The van der Waals surface area contributed by atoms with Crippen molar-refractivity contribution >= 4 is 77.4 Å². The number of hydrogen-bond acceptors (Lipinski definition) is 5. The maximum atomic E-state index is 6.86. The van der Waals surface area contributed by atoms with Gasteiger partial charge in [-0.1, -0.05) is 152 Å². The molecule has 0 amide bonds. The molecule has 0 aliphatic carbocycles. The van der Waals surface area contributed by atoms with Crippen LogP contribution >= 0.6 is 0 Å². The predicted octanol–water partition coefficient (Wildman–Crippen LogP) is 12.7. The van der Waals surface area contributed by atoms with Crippen molar-refractivity contribution in [2.24, 2.45) is 9.98 Å². The summed E-state index contributed by atoms with van der Waals surface area (Å²) in [6, 6.07) is 63.0. The summed E-state index contributed by atoms with van der Waals surface area (Å²) in [4.78, 5) is 10.2. The van der Waals surface area contributed by atoms with Crippen LogP contribution in [0.3, 0.4) is 0 Å². The van der Waals surface area contributed by atoms with Crippen molar-refractivity contribution < 1.29 is 8.83 Å². The van der Waals surface area contributed by atoms with Gasteiger partial charge in [0.2, 0.25) is 0 Å². The van der Waals surface area contributed by atoms with Crippen LogP contribution in [0.4, 0.5) is 0 Å². The Labute approximate surface area is 326 Å². The molecule has 6 heteroatoms. The molecular weight excluding hydrogens is 701 g/mol. The largest absolute Gasteiger partial charge is 0.456 e. The highest BCUT2D eigenvalue weighted by Crippen LogP contribution is 2.45. The Morgan fingerprint density at radius 2 is 0.982 bits per heavy atom. The van der Waals surface area contributed by atoms with Crippen LogP contribution in [0.2, 0.25) is 0 Å². The van der Waals surface area contributed by atoms with Crippen molar-refractivity contribution in [1.82, 2.24) is 9.88 Å². The smallest absolute Gasteiger partial charge is 0.159 e. The SMILES string of the molecule is c1ccc(C2=NC(c3cccc4c3oc3cccc(-c5cccc6oc7c(-n8c9ccccc9c9ccccc98)cccc7c56)c34)NC(c3ccccc3)=N2)cc1. The van der Waals surface area contributed by atoms with Gasteiger partial charge in [-0.25, -0.2) is 9.98 Å². The van der Waals surface area contributed by atoms with Gasteiger partial charge in [-0.2, -0.15) is 0 Å². The molecule has 57 heavy (non-hydrogen) atoms. The van der Waals surface area contributed by atoms with E-state index in [0.29, 0.717) is 5.84 Å². The number of furan rings is 2. The van der Waals surface area contributed by atoms with Crippen molar-refractivity contribution in [2.75, 3.05) is 0 Å². The summed E-state index contributed by atoms with van der Waals surface area (Å²) in [6.45, 7) is 0. The molecule has 0 bridgehead atoms. The minimum atomic E-state index is -0.429. The van der Waals surface area contributed by atoms with E-state index < -0.39 is 6.17 Å². The van der Waals surface area contributed by atoms with Gasteiger partial charge in [-0.3, -0.25) is 0 Å². The molecule has 0 saturated carbocycles. The maximum absolute atomic E-state index is 6.86. The number of aliphatic imine (C=N–C) groups is 2. The number of para-hydroxylation sites is 4. The second-order valence-corrected chi connectivity index (χ2v) is 14.5. The Balaban J connectivity index is 1.05. The molecule has 8 aromatic carbocycles. The molecule has 6 nitrogen and oxygen atoms in total. The number of aromatic nitrogens is 1. The summed E-state index contributed by atoms with van der Waals surface area (Å²) in [7, 11) is 0. The Kier molecular flexibility index (Phi) is 6.89. The fourth-order valence-corrected chi connectivity index (χ4v) is 8.79. The first-order valence-electron chi connectivity index (χ1n) is 19.2. The summed E-state index contributed by atoms with van der Waals surface area (Å²) < 4.78 is 16.0. The molecule has 1 atom stereocenters. The highest BCUT2D eigenvalue weighted by Gasteiger charge is 2.26. The Morgan fingerprint density at radius 1 is 0.456 bits per heavy atom. The van der Waals surface area contributed by atoms with Crippen LogP contribution in [0.5, 0.6) is 0 Å². The quantitative estimate of drug-likeness (QED) is 0.192. The summed E-state index contributed by atoms with van der Waals surface area (Å²) in [5.41, 5.74) is 11.6. The molecule has 1 aliphatic rings. The minimum absolute atomic E-state index is 0.429. The normalized spacial score (nSPS) is 14.5. The zero-order valence-electron chi connectivity index (χ0n) is 30.6. The number of nitrogens with zero attached hydrogens (tertiary/aromatic N) is 3. The maximum Gasteiger partial charge on any atom is 0.159 e. The molecular formula is C51H32N4O2. The molecule has 12 rings (SSSR count). The first-order valence-corrected chi connectivity index (χ1v) is 19.2. The van der Waals surface area contributed by atoms with Crippen LogP contribution in [0.1, 0.15) is 22.9 Å². The third kappa shape index (κ3) is 4.84. The summed E-state index contributed by atoms with van der Waals surface area (Å²) in [5.74, 6) is 1.44. The second-order valence-electron chi connectivity index (χ2n) is 14.5. The average molecular weight is 733 g/mol. The van der Waals surface area contributed by atoms with Crippen LogP contribution in [-0.2, 0) is 0 Å². The van der Waals surface area contributed by atoms with Crippen LogP contribution in [-0.4, -0.2) is 16.2 Å². The molecule has 1 N–H and O–H groups in total. The summed E-state index contributed by atoms with van der Waals surface area (Å²) in [5, 5.41) is 10.3. The van der Waals surface area contributed by atoms with E-state index >= 15 is 0 Å². The Hall–Kier alpha value is -7.70. The van der Waals surface area contributed by atoms with Crippen molar-refractivity contribution in [2.45, 2.75) is 6.17 Å². The molecule has 0 saturated heterocycles. The lowest BCUT2D eigenvalue weighted by atomic mass is 9.95. The van der Waals surface area contributed by atoms with Gasteiger partial charge in [0, 0.05) is 49.0 Å². The molecule has 0 radical (unpaired) electrons. The molecule has 11 aromatic rings. The second kappa shape index (κ2) is 12.4. The van der Waals surface area contributed by atoms with Crippen LogP contribution < -0.4 is 5.32 Å². The molecule has 0 fully saturated rings. The first kappa shape index (κ1) is 31.6. The number of benzene rings is 8. The lowest BCUT2D eigenvalue weighted by Gasteiger charge is -2.23. The Bertz CT molecular complexity index is 3390. The van der Waals surface area contributed by atoms with E-state index in [1.807, 2.05) is 48.5 Å². The van der Waals surface area contributed by atoms with Crippen LogP contribution in [0, 0.1) is 0 Å². The fraction of sp³-hybridized carbons (Fsp3) is 0.0196. The van der Waals surface area contributed by atoms with Crippen LogP contribution in [0.25, 0.3) is 82.5 Å². The van der Waals surface area contributed by atoms with Gasteiger partial charge in [-0.05, 0) is 41.5 Å². The van der Waals surface area contributed by atoms with E-state index in [-0.39, 0.29) is 0 Å². The van der Waals surface area contributed by atoms with Gasteiger partial charge >= 0.3 is 0 Å². The number of amidine groups is 2. The summed E-state index contributed by atoms with van der Waals surface area (Å²) in [6.07, 6.45) is -0.429.